The summed E-state index contributed by atoms with van der Waals surface area (Å²) < 4.78 is 0.788. The average Bonchev–Trinajstić information content (AvgIpc) is 2.21. The number of nitrogens with one attached hydrogen (secondary N) is 1. The second kappa shape index (κ2) is 6.26. The molecule has 4 heteroatoms. The average molecular weight is 305 g/mol. The number of benzene rings is 1. The molecule has 1 aromatic carbocycles. The lowest BCUT2D eigenvalue weighted by Crippen LogP contribution is -2.12. The van der Waals surface area contributed by atoms with E-state index in [0.29, 0.717) is 17.4 Å². The predicted octanol–water partition coefficient (Wildman–Crippen LogP) is 4.48. The van der Waals surface area contributed by atoms with Gasteiger partial charge in [-0.25, -0.2) is 0 Å². The largest absolute Gasteiger partial charge is 0.326 e. The minimum Gasteiger partial charge on any atom is -0.326 e. The summed E-state index contributed by atoms with van der Waals surface area (Å²) in [5.74, 6) is 0.589. The van der Waals surface area contributed by atoms with Crippen molar-refractivity contribution in [2.75, 3.05) is 5.32 Å². The zero-order valence-electron chi connectivity index (χ0n) is 9.39. The molecular weight excluding hydrogens is 289 g/mol. The number of carbonyl (C=O) groups excluding carboxylic acids is 1. The third-order valence-electron chi connectivity index (χ3n) is 2.15. The van der Waals surface area contributed by atoms with Gasteiger partial charge >= 0.3 is 0 Å². The molecule has 0 aromatic heterocycles. The fraction of sp³-hybridized carbons (Fsp3) is 0.417. The first-order valence-electron chi connectivity index (χ1n) is 5.24. The molecular formula is C12H15BrClNO. The number of rotatable bonds is 4. The predicted molar refractivity (Wildman–Crippen MR) is 71.9 cm³/mol. The van der Waals surface area contributed by atoms with Crippen LogP contribution in [0.15, 0.2) is 22.7 Å². The first kappa shape index (κ1) is 13.5. The molecule has 1 aromatic rings. The molecule has 0 spiro atoms. The Hall–Kier alpha value is -0.540. The van der Waals surface area contributed by atoms with E-state index in [2.05, 4.69) is 35.1 Å². The third kappa shape index (κ3) is 4.54. The molecule has 0 heterocycles. The Balaban J connectivity index is 2.53. The summed E-state index contributed by atoms with van der Waals surface area (Å²) >= 11 is 9.18. The summed E-state index contributed by atoms with van der Waals surface area (Å²) in [6.45, 7) is 4.21. The highest BCUT2D eigenvalue weighted by Gasteiger charge is 2.05. The van der Waals surface area contributed by atoms with Crippen LogP contribution in [0.25, 0.3) is 0 Å². The molecule has 0 atom stereocenters. The number of halogens is 2. The maximum Gasteiger partial charge on any atom is 0.224 e. The molecule has 0 aliphatic carbocycles. The number of hydrogen-bond acceptors (Lipinski definition) is 1. The molecule has 88 valence electrons. The molecule has 1 rings (SSSR count). The lowest BCUT2D eigenvalue weighted by molar-refractivity contribution is -0.116. The van der Waals surface area contributed by atoms with Gasteiger partial charge in [-0.3, -0.25) is 4.79 Å². The Kier molecular flexibility index (Phi) is 5.29. The molecule has 0 saturated heterocycles. The van der Waals surface area contributed by atoms with Crippen molar-refractivity contribution in [3.63, 3.8) is 0 Å². The van der Waals surface area contributed by atoms with E-state index in [1.165, 1.54) is 0 Å². The van der Waals surface area contributed by atoms with Crippen LogP contribution in [0.4, 0.5) is 5.69 Å². The van der Waals surface area contributed by atoms with Gasteiger partial charge in [0, 0.05) is 16.6 Å². The van der Waals surface area contributed by atoms with E-state index in [9.17, 15) is 4.79 Å². The van der Waals surface area contributed by atoms with Gasteiger partial charge in [-0.05, 0) is 46.5 Å². The Labute approximate surface area is 110 Å². The number of carbonyl (C=O) groups is 1. The number of anilines is 1. The van der Waals surface area contributed by atoms with Crippen molar-refractivity contribution in [3.8, 4) is 0 Å². The quantitative estimate of drug-likeness (QED) is 0.873. The van der Waals surface area contributed by atoms with Crippen molar-refractivity contribution < 1.29 is 4.79 Å². The molecule has 0 aliphatic heterocycles. The van der Waals surface area contributed by atoms with Crippen molar-refractivity contribution in [1.29, 1.82) is 0 Å². The van der Waals surface area contributed by atoms with Crippen LogP contribution < -0.4 is 5.32 Å². The van der Waals surface area contributed by atoms with Crippen molar-refractivity contribution >= 4 is 39.1 Å². The number of amides is 1. The highest BCUT2D eigenvalue weighted by atomic mass is 79.9. The fourth-order valence-electron chi connectivity index (χ4n) is 1.22. The van der Waals surface area contributed by atoms with Gasteiger partial charge in [0.15, 0.2) is 0 Å². The molecule has 0 radical (unpaired) electrons. The van der Waals surface area contributed by atoms with E-state index in [-0.39, 0.29) is 5.91 Å². The molecule has 0 bridgehead atoms. The Morgan fingerprint density at radius 3 is 2.75 bits per heavy atom. The van der Waals surface area contributed by atoms with Gasteiger partial charge in [-0.2, -0.15) is 0 Å². The topological polar surface area (TPSA) is 29.1 Å². The summed E-state index contributed by atoms with van der Waals surface area (Å²) in [5.41, 5.74) is 0.769. The lowest BCUT2D eigenvalue weighted by atomic mass is 10.1. The smallest absolute Gasteiger partial charge is 0.224 e. The van der Waals surface area contributed by atoms with Crippen LogP contribution in [0.1, 0.15) is 26.7 Å². The van der Waals surface area contributed by atoms with Crippen LogP contribution in [0.5, 0.6) is 0 Å². The highest BCUT2D eigenvalue weighted by Crippen LogP contribution is 2.25. The van der Waals surface area contributed by atoms with E-state index >= 15 is 0 Å². The number of hydrogen-bond donors (Lipinski definition) is 1. The molecule has 0 saturated carbocycles. The van der Waals surface area contributed by atoms with Crippen molar-refractivity contribution in [2.24, 2.45) is 5.92 Å². The summed E-state index contributed by atoms with van der Waals surface area (Å²) in [6, 6.07) is 5.35. The van der Waals surface area contributed by atoms with E-state index in [0.717, 1.165) is 16.6 Å². The minimum atomic E-state index is 0.0444. The van der Waals surface area contributed by atoms with Crippen molar-refractivity contribution in [3.05, 3.63) is 27.7 Å². The first-order chi connectivity index (χ1) is 7.49. The van der Waals surface area contributed by atoms with E-state index < -0.39 is 0 Å². The zero-order chi connectivity index (χ0) is 12.1. The van der Waals surface area contributed by atoms with Gasteiger partial charge in [-0.1, -0.05) is 25.4 Å². The summed E-state index contributed by atoms with van der Waals surface area (Å²) in [5, 5.41) is 3.48. The summed E-state index contributed by atoms with van der Waals surface area (Å²) in [4.78, 5) is 11.6. The highest BCUT2D eigenvalue weighted by molar-refractivity contribution is 9.10. The van der Waals surface area contributed by atoms with Crippen LogP contribution in [0, 0.1) is 5.92 Å². The second-order valence-corrected chi connectivity index (χ2v) is 5.37. The second-order valence-electron chi connectivity index (χ2n) is 4.11. The van der Waals surface area contributed by atoms with Gasteiger partial charge in [-0.15, -0.1) is 0 Å². The van der Waals surface area contributed by atoms with Crippen LogP contribution in [-0.4, -0.2) is 5.91 Å². The van der Waals surface area contributed by atoms with Gasteiger partial charge in [0.05, 0.1) is 5.02 Å². The van der Waals surface area contributed by atoms with E-state index in [4.69, 9.17) is 11.6 Å². The maximum absolute atomic E-state index is 11.6. The molecule has 0 fully saturated rings. The van der Waals surface area contributed by atoms with Crippen LogP contribution in [0.2, 0.25) is 5.02 Å². The van der Waals surface area contributed by atoms with E-state index in [1.54, 1.807) is 18.2 Å². The van der Waals surface area contributed by atoms with Gasteiger partial charge in [0.25, 0.3) is 0 Å². The molecule has 0 aliphatic rings. The van der Waals surface area contributed by atoms with Gasteiger partial charge in [0.1, 0.15) is 0 Å². The zero-order valence-corrected chi connectivity index (χ0v) is 11.7. The minimum absolute atomic E-state index is 0.0444. The van der Waals surface area contributed by atoms with E-state index in [1.807, 2.05) is 0 Å². The first-order valence-corrected chi connectivity index (χ1v) is 6.41. The molecule has 2 nitrogen and oxygen atoms in total. The maximum atomic E-state index is 11.6. The lowest BCUT2D eigenvalue weighted by Gasteiger charge is -2.07. The van der Waals surface area contributed by atoms with Gasteiger partial charge in [0.2, 0.25) is 5.91 Å². The Bertz CT molecular complexity index is 379. The standard InChI is InChI=1S/C12H15BrClNO/c1-8(2)3-6-12(16)15-9-4-5-11(14)10(13)7-9/h4-5,7-8H,3,6H2,1-2H3,(H,15,16). The molecule has 1 amide bonds. The van der Waals surface area contributed by atoms with Crippen molar-refractivity contribution in [1.82, 2.24) is 0 Å². The fourth-order valence-corrected chi connectivity index (χ4v) is 1.71. The molecule has 0 unspecified atom stereocenters. The van der Waals surface area contributed by atoms with Crippen LogP contribution in [0.3, 0.4) is 0 Å². The van der Waals surface area contributed by atoms with Crippen molar-refractivity contribution in [2.45, 2.75) is 26.7 Å². The van der Waals surface area contributed by atoms with Crippen LogP contribution in [-0.2, 0) is 4.79 Å². The summed E-state index contributed by atoms with van der Waals surface area (Å²) in [6.07, 6.45) is 1.46. The monoisotopic (exact) mass is 303 g/mol. The van der Waals surface area contributed by atoms with Gasteiger partial charge < -0.3 is 5.32 Å². The summed E-state index contributed by atoms with van der Waals surface area (Å²) in [7, 11) is 0. The third-order valence-corrected chi connectivity index (χ3v) is 3.37. The van der Waals surface area contributed by atoms with Crippen LogP contribution >= 0.6 is 27.5 Å². The SMILES string of the molecule is CC(C)CCC(=O)Nc1ccc(Cl)c(Br)c1. The molecule has 16 heavy (non-hydrogen) atoms. The normalized spacial score (nSPS) is 10.6. The Morgan fingerprint density at radius 1 is 1.50 bits per heavy atom. The molecule has 1 N–H and O–H groups in total. The Morgan fingerprint density at radius 2 is 2.19 bits per heavy atom.